The lowest BCUT2D eigenvalue weighted by atomic mass is 10.3. The Balaban J connectivity index is 2.82. The summed E-state index contributed by atoms with van der Waals surface area (Å²) in [5.41, 5.74) is 2.32. The molecule has 0 heterocycles. The Morgan fingerprint density at radius 1 is 1.60 bits per heavy atom. The molecular weight excluding hydrogens is 267 g/mol. The Morgan fingerprint density at radius 3 is 2.80 bits per heavy atom. The van der Waals surface area contributed by atoms with Crippen LogP contribution in [0.3, 0.4) is 0 Å². The molecule has 1 aromatic rings. The first-order valence-corrected chi connectivity index (χ1v) is 4.78. The average Bonchev–Trinajstić information content (AvgIpc) is 2.15. The summed E-state index contributed by atoms with van der Waals surface area (Å²) >= 11 is 3.10. The second-order valence-electron chi connectivity index (χ2n) is 2.74. The number of carboxylic acid groups (broad SMARTS) is 1. The van der Waals surface area contributed by atoms with E-state index in [-0.39, 0.29) is 11.4 Å². The SMILES string of the molecule is C/C(=N\Nc1ccc(Br)cc1F)C(=O)O. The van der Waals surface area contributed by atoms with Crippen molar-refractivity contribution in [2.24, 2.45) is 5.10 Å². The highest BCUT2D eigenvalue weighted by molar-refractivity contribution is 9.10. The molecule has 6 heteroatoms. The van der Waals surface area contributed by atoms with Crippen LogP contribution in [0.15, 0.2) is 27.8 Å². The van der Waals surface area contributed by atoms with Gasteiger partial charge in [0.05, 0.1) is 5.69 Å². The quantitative estimate of drug-likeness (QED) is 0.658. The van der Waals surface area contributed by atoms with Crippen LogP contribution in [0.25, 0.3) is 0 Å². The van der Waals surface area contributed by atoms with E-state index < -0.39 is 11.8 Å². The topological polar surface area (TPSA) is 61.7 Å². The van der Waals surface area contributed by atoms with Crippen LogP contribution < -0.4 is 5.43 Å². The van der Waals surface area contributed by atoms with Crippen molar-refractivity contribution in [3.05, 3.63) is 28.5 Å². The van der Waals surface area contributed by atoms with Gasteiger partial charge in [0.25, 0.3) is 0 Å². The molecule has 0 radical (unpaired) electrons. The van der Waals surface area contributed by atoms with Crippen molar-refractivity contribution < 1.29 is 14.3 Å². The van der Waals surface area contributed by atoms with E-state index in [1.165, 1.54) is 19.1 Å². The van der Waals surface area contributed by atoms with E-state index in [1.54, 1.807) is 6.07 Å². The summed E-state index contributed by atoms with van der Waals surface area (Å²) in [6.45, 7) is 1.31. The van der Waals surface area contributed by atoms with Gasteiger partial charge in [0.2, 0.25) is 0 Å². The normalized spacial score (nSPS) is 11.3. The van der Waals surface area contributed by atoms with Gasteiger partial charge in [-0.05, 0) is 25.1 Å². The minimum atomic E-state index is -1.15. The molecule has 0 saturated carbocycles. The highest BCUT2D eigenvalue weighted by Gasteiger charge is 2.04. The largest absolute Gasteiger partial charge is 0.477 e. The van der Waals surface area contributed by atoms with Crippen molar-refractivity contribution in [3.63, 3.8) is 0 Å². The summed E-state index contributed by atoms with van der Waals surface area (Å²) < 4.78 is 13.8. The molecule has 80 valence electrons. The fraction of sp³-hybridized carbons (Fsp3) is 0.111. The van der Waals surface area contributed by atoms with E-state index in [0.29, 0.717) is 4.47 Å². The summed E-state index contributed by atoms with van der Waals surface area (Å²) in [7, 11) is 0. The van der Waals surface area contributed by atoms with E-state index in [2.05, 4.69) is 26.5 Å². The van der Waals surface area contributed by atoms with Gasteiger partial charge >= 0.3 is 5.97 Å². The number of hydrogen-bond acceptors (Lipinski definition) is 3. The van der Waals surface area contributed by atoms with Crippen LogP contribution in [-0.2, 0) is 4.79 Å². The lowest BCUT2D eigenvalue weighted by Gasteiger charge is -2.02. The number of benzene rings is 1. The van der Waals surface area contributed by atoms with Crippen LogP contribution in [0, 0.1) is 5.82 Å². The molecule has 0 atom stereocenters. The number of carboxylic acids is 1. The van der Waals surface area contributed by atoms with E-state index in [1.807, 2.05) is 0 Å². The van der Waals surface area contributed by atoms with E-state index in [4.69, 9.17) is 5.11 Å². The Hall–Kier alpha value is -1.43. The number of carbonyl (C=O) groups is 1. The highest BCUT2D eigenvalue weighted by Crippen LogP contribution is 2.19. The number of halogens is 2. The molecule has 2 N–H and O–H groups in total. The molecular formula is C9H8BrFN2O2. The molecule has 0 aliphatic heterocycles. The van der Waals surface area contributed by atoms with Crippen molar-refractivity contribution in [1.82, 2.24) is 0 Å². The van der Waals surface area contributed by atoms with Gasteiger partial charge in [-0.15, -0.1) is 0 Å². The molecule has 0 aliphatic carbocycles. The zero-order chi connectivity index (χ0) is 11.4. The molecule has 0 aromatic heterocycles. The van der Waals surface area contributed by atoms with Crippen molar-refractivity contribution in [2.45, 2.75) is 6.92 Å². The third kappa shape index (κ3) is 3.32. The van der Waals surface area contributed by atoms with Crippen molar-refractivity contribution >= 4 is 33.3 Å². The molecule has 1 aromatic carbocycles. The molecule has 0 saturated heterocycles. The molecule has 15 heavy (non-hydrogen) atoms. The third-order valence-corrected chi connectivity index (χ3v) is 2.08. The van der Waals surface area contributed by atoms with E-state index in [9.17, 15) is 9.18 Å². The standard InChI is InChI=1S/C9H8BrFN2O2/c1-5(9(14)15)12-13-8-3-2-6(10)4-7(8)11/h2-4,13H,1H3,(H,14,15)/b12-5+. The summed E-state index contributed by atoms with van der Waals surface area (Å²) in [6, 6.07) is 4.34. The Kier molecular flexibility index (Phi) is 3.79. The summed E-state index contributed by atoms with van der Waals surface area (Å²) in [5, 5.41) is 12.0. The predicted octanol–water partition coefficient (Wildman–Crippen LogP) is 2.46. The number of nitrogens with one attached hydrogen (secondary N) is 1. The first kappa shape index (κ1) is 11.6. The highest BCUT2D eigenvalue weighted by atomic mass is 79.9. The van der Waals surface area contributed by atoms with Gasteiger partial charge in [-0.2, -0.15) is 5.10 Å². The summed E-state index contributed by atoms with van der Waals surface area (Å²) in [4.78, 5) is 10.4. The lowest BCUT2D eigenvalue weighted by Crippen LogP contribution is -2.10. The fourth-order valence-corrected chi connectivity index (χ4v) is 1.11. The van der Waals surface area contributed by atoms with Gasteiger partial charge < -0.3 is 5.11 Å². The van der Waals surface area contributed by atoms with Crippen LogP contribution in [0.5, 0.6) is 0 Å². The molecule has 0 bridgehead atoms. The zero-order valence-electron chi connectivity index (χ0n) is 7.79. The minimum absolute atomic E-state index is 0.124. The van der Waals surface area contributed by atoms with Gasteiger partial charge in [-0.1, -0.05) is 15.9 Å². The minimum Gasteiger partial charge on any atom is -0.477 e. The van der Waals surface area contributed by atoms with Crippen molar-refractivity contribution in [1.29, 1.82) is 0 Å². The maximum absolute atomic E-state index is 13.2. The number of hydrazone groups is 1. The predicted molar refractivity (Wildman–Crippen MR) is 58.5 cm³/mol. The van der Waals surface area contributed by atoms with Crippen LogP contribution in [-0.4, -0.2) is 16.8 Å². The van der Waals surface area contributed by atoms with Gasteiger partial charge in [0.15, 0.2) is 0 Å². The lowest BCUT2D eigenvalue weighted by molar-refractivity contribution is -0.129. The molecule has 4 nitrogen and oxygen atoms in total. The van der Waals surface area contributed by atoms with Gasteiger partial charge in [-0.25, -0.2) is 9.18 Å². The Morgan fingerprint density at radius 2 is 2.27 bits per heavy atom. The second kappa shape index (κ2) is 4.88. The van der Waals surface area contributed by atoms with Crippen molar-refractivity contribution in [2.75, 3.05) is 5.43 Å². The van der Waals surface area contributed by atoms with Gasteiger partial charge in [0, 0.05) is 4.47 Å². The second-order valence-corrected chi connectivity index (χ2v) is 3.65. The molecule has 0 aliphatic rings. The van der Waals surface area contributed by atoms with Crippen LogP contribution in [0.4, 0.5) is 10.1 Å². The first-order chi connectivity index (χ1) is 7.00. The van der Waals surface area contributed by atoms with Gasteiger partial charge in [-0.3, -0.25) is 5.43 Å². The molecule has 0 amide bonds. The fourth-order valence-electron chi connectivity index (χ4n) is 0.772. The smallest absolute Gasteiger partial charge is 0.351 e. The van der Waals surface area contributed by atoms with Crippen LogP contribution in [0.2, 0.25) is 0 Å². The monoisotopic (exact) mass is 274 g/mol. The Bertz CT molecular complexity index is 421. The summed E-state index contributed by atoms with van der Waals surface area (Å²) in [6.07, 6.45) is 0. The molecule has 0 fully saturated rings. The Labute approximate surface area is 93.9 Å². The van der Waals surface area contributed by atoms with E-state index >= 15 is 0 Å². The van der Waals surface area contributed by atoms with E-state index in [0.717, 1.165) is 0 Å². The van der Waals surface area contributed by atoms with Crippen LogP contribution >= 0.6 is 15.9 Å². The first-order valence-electron chi connectivity index (χ1n) is 3.99. The number of rotatable bonds is 3. The molecule has 0 spiro atoms. The number of hydrogen-bond donors (Lipinski definition) is 2. The van der Waals surface area contributed by atoms with Crippen LogP contribution in [0.1, 0.15) is 6.92 Å². The maximum atomic E-state index is 13.2. The number of nitrogens with zero attached hydrogens (tertiary/aromatic N) is 1. The average molecular weight is 275 g/mol. The zero-order valence-corrected chi connectivity index (χ0v) is 9.38. The summed E-state index contributed by atoms with van der Waals surface area (Å²) in [5.74, 6) is -1.66. The number of aliphatic carboxylic acids is 1. The molecule has 0 unspecified atom stereocenters. The third-order valence-electron chi connectivity index (χ3n) is 1.58. The maximum Gasteiger partial charge on any atom is 0.351 e. The van der Waals surface area contributed by atoms with Crippen molar-refractivity contribution in [3.8, 4) is 0 Å². The molecule has 1 rings (SSSR count). The number of anilines is 1. The van der Waals surface area contributed by atoms with Gasteiger partial charge in [0.1, 0.15) is 11.5 Å².